The van der Waals surface area contributed by atoms with Gasteiger partial charge in [-0.3, -0.25) is 9.69 Å². The predicted molar refractivity (Wildman–Crippen MR) is 105 cm³/mol. The van der Waals surface area contributed by atoms with Crippen LogP contribution in [0, 0.1) is 0 Å². The molecular weight excluding hydrogens is 326 g/mol. The van der Waals surface area contributed by atoms with Gasteiger partial charge in [0.2, 0.25) is 0 Å². The van der Waals surface area contributed by atoms with Crippen LogP contribution >= 0.6 is 0 Å². The SMILES string of the molecule is CCN(CC)Cc1ccccc1CNC(=O)c1ccc(/C=N/OC)cc1. The molecule has 0 saturated carbocycles. The predicted octanol–water partition coefficient (Wildman–Crippen LogP) is 3.44. The second-order valence-corrected chi connectivity index (χ2v) is 5.95. The van der Waals surface area contributed by atoms with E-state index in [1.54, 1.807) is 18.3 Å². The molecular formula is C21H27N3O2. The van der Waals surface area contributed by atoms with Gasteiger partial charge in [-0.15, -0.1) is 0 Å². The molecule has 2 aromatic carbocycles. The molecule has 0 aliphatic rings. The van der Waals surface area contributed by atoms with Crippen molar-refractivity contribution in [2.24, 2.45) is 5.16 Å². The third-order valence-corrected chi connectivity index (χ3v) is 4.33. The summed E-state index contributed by atoms with van der Waals surface area (Å²) in [6.07, 6.45) is 1.60. The smallest absolute Gasteiger partial charge is 0.251 e. The molecule has 2 rings (SSSR count). The fourth-order valence-electron chi connectivity index (χ4n) is 2.68. The molecule has 0 aliphatic carbocycles. The Morgan fingerprint density at radius 1 is 1.08 bits per heavy atom. The molecule has 0 saturated heterocycles. The van der Waals surface area contributed by atoms with Gasteiger partial charge in [-0.2, -0.15) is 0 Å². The first-order valence-electron chi connectivity index (χ1n) is 8.91. The van der Waals surface area contributed by atoms with Crippen LogP contribution in [0.3, 0.4) is 0 Å². The van der Waals surface area contributed by atoms with Gasteiger partial charge in [0.1, 0.15) is 7.11 Å². The van der Waals surface area contributed by atoms with Crippen molar-refractivity contribution in [1.29, 1.82) is 0 Å². The van der Waals surface area contributed by atoms with Crippen molar-refractivity contribution in [3.8, 4) is 0 Å². The van der Waals surface area contributed by atoms with Gasteiger partial charge in [-0.05, 0) is 41.9 Å². The maximum atomic E-state index is 12.4. The van der Waals surface area contributed by atoms with E-state index in [9.17, 15) is 4.79 Å². The van der Waals surface area contributed by atoms with Crippen LogP contribution in [0.15, 0.2) is 53.7 Å². The Hall–Kier alpha value is -2.66. The molecule has 5 nitrogen and oxygen atoms in total. The van der Waals surface area contributed by atoms with Crippen molar-refractivity contribution in [3.05, 3.63) is 70.8 Å². The molecule has 0 heterocycles. The van der Waals surface area contributed by atoms with Crippen LogP contribution in [0.5, 0.6) is 0 Å². The monoisotopic (exact) mass is 353 g/mol. The summed E-state index contributed by atoms with van der Waals surface area (Å²) in [5.41, 5.74) is 3.91. The normalized spacial score (nSPS) is 11.1. The summed E-state index contributed by atoms with van der Waals surface area (Å²) >= 11 is 0. The standard InChI is InChI=1S/C21H27N3O2/c1-4-24(5-2)16-20-9-7-6-8-19(20)15-22-21(25)18-12-10-17(11-13-18)14-23-26-3/h6-14H,4-5,15-16H2,1-3H3,(H,22,25)/b23-14+. The highest BCUT2D eigenvalue weighted by atomic mass is 16.6. The van der Waals surface area contributed by atoms with E-state index in [4.69, 9.17) is 0 Å². The van der Waals surface area contributed by atoms with Gasteiger partial charge < -0.3 is 10.2 Å². The van der Waals surface area contributed by atoms with Crippen LogP contribution in [0.2, 0.25) is 0 Å². The Bertz CT molecular complexity index is 722. The molecule has 0 atom stereocenters. The Morgan fingerprint density at radius 2 is 1.73 bits per heavy atom. The van der Waals surface area contributed by atoms with Crippen molar-refractivity contribution >= 4 is 12.1 Å². The van der Waals surface area contributed by atoms with Gasteiger partial charge >= 0.3 is 0 Å². The molecule has 0 aliphatic heterocycles. The summed E-state index contributed by atoms with van der Waals surface area (Å²) in [6.45, 7) is 7.76. The largest absolute Gasteiger partial charge is 0.399 e. The lowest BCUT2D eigenvalue weighted by Crippen LogP contribution is -2.26. The molecule has 0 fully saturated rings. The molecule has 0 aromatic heterocycles. The minimum atomic E-state index is -0.0853. The number of benzene rings is 2. The number of nitrogens with zero attached hydrogens (tertiary/aromatic N) is 2. The Balaban J connectivity index is 2.00. The highest BCUT2D eigenvalue weighted by Crippen LogP contribution is 2.12. The summed E-state index contributed by atoms with van der Waals surface area (Å²) < 4.78 is 0. The van der Waals surface area contributed by atoms with E-state index in [1.807, 2.05) is 24.3 Å². The van der Waals surface area contributed by atoms with Crippen molar-refractivity contribution in [2.75, 3.05) is 20.2 Å². The molecule has 138 valence electrons. The number of nitrogens with one attached hydrogen (secondary N) is 1. The molecule has 0 spiro atoms. The molecule has 0 bridgehead atoms. The van der Waals surface area contributed by atoms with E-state index in [0.717, 1.165) is 30.8 Å². The molecule has 5 heteroatoms. The summed E-state index contributed by atoms with van der Waals surface area (Å²) in [5.74, 6) is -0.0853. The fourth-order valence-corrected chi connectivity index (χ4v) is 2.68. The maximum absolute atomic E-state index is 12.4. The Kier molecular flexibility index (Phi) is 7.83. The third kappa shape index (κ3) is 5.70. The number of carbonyl (C=O) groups is 1. The molecule has 1 N–H and O–H groups in total. The average Bonchev–Trinajstić information content (AvgIpc) is 2.69. The number of rotatable bonds is 9. The molecule has 2 aromatic rings. The van der Waals surface area contributed by atoms with Crippen LogP contribution in [-0.2, 0) is 17.9 Å². The first-order chi connectivity index (χ1) is 12.7. The Labute approximate surface area is 155 Å². The highest BCUT2D eigenvalue weighted by molar-refractivity contribution is 5.95. The summed E-state index contributed by atoms with van der Waals surface area (Å²) in [4.78, 5) is 19.4. The quantitative estimate of drug-likeness (QED) is 0.555. The number of oxime groups is 1. The number of hydrogen-bond donors (Lipinski definition) is 1. The number of hydrogen-bond acceptors (Lipinski definition) is 4. The van der Waals surface area contributed by atoms with Crippen LogP contribution in [-0.4, -0.2) is 37.2 Å². The lowest BCUT2D eigenvalue weighted by atomic mass is 10.1. The Morgan fingerprint density at radius 3 is 2.35 bits per heavy atom. The van der Waals surface area contributed by atoms with Gasteiger partial charge in [0.25, 0.3) is 5.91 Å². The highest BCUT2D eigenvalue weighted by Gasteiger charge is 2.09. The first-order valence-corrected chi connectivity index (χ1v) is 8.91. The van der Waals surface area contributed by atoms with E-state index in [-0.39, 0.29) is 5.91 Å². The van der Waals surface area contributed by atoms with Crippen molar-refractivity contribution in [3.63, 3.8) is 0 Å². The van der Waals surface area contributed by atoms with Crippen LogP contribution < -0.4 is 5.32 Å². The zero-order chi connectivity index (χ0) is 18.8. The average molecular weight is 353 g/mol. The first kappa shape index (κ1) is 19.7. The van der Waals surface area contributed by atoms with E-state index in [0.29, 0.717) is 12.1 Å². The van der Waals surface area contributed by atoms with Crippen LogP contribution in [0.1, 0.15) is 40.9 Å². The number of carbonyl (C=O) groups excluding carboxylic acids is 1. The summed E-state index contributed by atoms with van der Waals surface area (Å²) in [7, 11) is 1.50. The second-order valence-electron chi connectivity index (χ2n) is 5.95. The van der Waals surface area contributed by atoms with Gasteiger partial charge in [-0.1, -0.05) is 55.4 Å². The minimum absolute atomic E-state index is 0.0853. The second kappa shape index (κ2) is 10.4. The topological polar surface area (TPSA) is 53.9 Å². The molecule has 0 unspecified atom stereocenters. The van der Waals surface area contributed by atoms with Gasteiger partial charge in [0.05, 0.1) is 6.21 Å². The van der Waals surface area contributed by atoms with E-state index in [1.165, 1.54) is 12.7 Å². The molecule has 26 heavy (non-hydrogen) atoms. The van der Waals surface area contributed by atoms with E-state index < -0.39 is 0 Å². The van der Waals surface area contributed by atoms with Crippen LogP contribution in [0.4, 0.5) is 0 Å². The van der Waals surface area contributed by atoms with Crippen molar-refractivity contribution in [2.45, 2.75) is 26.9 Å². The summed E-state index contributed by atoms with van der Waals surface area (Å²) in [5, 5.41) is 6.72. The summed E-state index contributed by atoms with van der Waals surface area (Å²) in [6, 6.07) is 15.5. The van der Waals surface area contributed by atoms with Crippen LogP contribution in [0.25, 0.3) is 0 Å². The zero-order valence-electron chi connectivity index (χ0n) is 15.7. The van der Waals surface area contributed by atoms with E-state index >= 15 is 0 Å². The van der Waals surface area contributed by atoms with Gasteiger partial charge in [0.15, 0.2) is 0 Å². The minimum Gasteiger partial charge on any atom is -0.399 e. The maximum Gasteiger partial charge on any atom is 0.251 e. The molecule has 1 amide bonds. The van der Waals surface area contributed by atoms with Gasteiger partial charge in [0, 0.05) is 18.7 Å². The van der Waals surface area contributed by atoms with Crippen molar-refractivity contribution in [1.82, 2.24) is 10.2 Å². The third-order valence-electron chi connectivity index (χ3n) is 4.33. The van der Waals surface area contributed by atoms with Crippen molar-refractivity contribution < 1.29 is 9.63 Å². The van der Waals surface area contributed by atoms with E-state index in [2.05, 4.69) is 46.2 Å². The lowest BCUT2D eigenvalue weighted by Gasteiger charge is -2.20. The fraction of sp³-hybridized carbons (Fsp3) is 0.333. The molecule has 0 radical (unpaired) electrons. The lowest BCUT2D eigenvalue weighted by molar-refractivity contribution is 0.0950. The van der Waals surface area contributed by atoms with Gasteiger partial charge in [-0.25, -0.2) is 0 Å². The zero-order valence-corrected chi connectivity index (χ0v) is 15.7. The number of amides is 1.